The minimum Gasteiger partial charge on any atom is -0.312 e. The summed E-state index contributed by atoms with van der Waals surface area (Å²) >= 11 is 13.7. The normalized spacial score (nSPS) is 20.5. The van der Waals surface area contributed by atoms with Crippen molar-refractivity contribution in [2.45, 2.75) is 11.8 Å². The van der Waals surface area contributed by atoms with Crippen molar-refractivity contribution >= 4 is 51.1 Å². The van der Waals surface area contributed by atoms with Gasteiger partial charge in [0.15, 0.2) is 0 Å². The molecule has 94 valence electrons. The summed E-state index contributed by atoms with van der Waals surface area (Å²) in [5.41, 5.74) is 1.23. The van der Waals surface area contributed by atoms with E-state index in [1.54, 1.807) is 0 Å². The fraction of sp³-hybridized carbons (Fsp3) is 0.500. The van der Waals surface area contributed by atoms with Gasteiger partial charge in [-0.1, -0.05) is 27.5 Å². The first-order valence-corrected chi connectivity index (χ1v) is 8.97. The molecular weight excluding hydrogens is 338 g/mol. The first-order chi connectivity index (χ1) is 8.25. The van der Waals surface area contributed by atoms with Crippen LogP contribution in [0.4, 0.5) is 0 Å². The topological polar surface area (TPSA) is 12.0 Å². The zero-order chi connectivity index (χ0) is 12.1. The number of halogens is 2. The fourth-order valence-corrected chi connectivity index (χ4v) is 4.93. The number of thioether (sulfide) groups is 2. The molecule has 1 heterocycles. The molecule has 0 aliphatic carbocycles. The molecule has 5 heteroatoms. The van der Waals surface area contributed by atoms with E-state index in [2.05, 4.69) is 44.8 Å². The van der Waals surface area contributed by atoms with Gasteiger partial charge in [-0.2, -0.15) is 23.5 Å². The third kappa shape index (κ3) is 4.67. The molecule has 1 atom stereocenters. The lowest BCUT2D eigenvalue weighted by Crippen LogP contribution is -2.28. The zero-order valence-electron chi connectivity index (χ0n) is 9.42. The smallest absolute Gasteiger partial charge is 0.0410 e. The van der Waals surface area contributed by atoms with Gasteiger partial charge in [0.2, 0.25) is 0 Å². The summed E-state index contributed by atoms with van der Waals surface area (Å²) in [5, 5.41) is 5.07. The number of nitrogens with one attached hydrogen (secondary N) is 1. The highest BCUT2D eigenvalue weighted by molar-refractivity contribution is 9.10. The summed E-state index contributed by atoms with van der Waals surface area (Å²) in [6.07, 6.45) is 0. The van der Waals surface area contributed by atoms with Gasteiger partial charge in [0.1, 0.15) is 0 Å². The van der Waals surface area contributed by atoms with Crippen LogP contribution in [0.5, 0.6) is 0 Å². The Labute approximate surface area is 125 Å². The highest BCUT2D eigenvalue weighted by Crippen LogP contribution is 2.24. The van der Waals surface area contributed by atoms with Gasteiger partial charge >= 0.3 is 0 Å². The minimum absolute atomic E-state index is 0.756. The third-order valence-electron chi connectivity index (χ3n) is 2.58. The lowest BCUT2D eigenvalue weighted by Gasteiger charge is -2.21. The molecule has 1 nitrogen and oxygen atoms in total. The molecule has 2 rings (SSSR count). The Kier molecular flexibility index (Phi) is 6.03. The summed E-state index contributed by atoms with van der Waals surface area (Å²) < 4.78 is 1.13. The fourth-order valence-electron chi connectivity index (χ4n) is 1.70. The van der Waals surface area contributed by atoms with Crippen molar-refractivity contribution < 1.29 is 0 Å². The van der Waals surface area contributed by atoms with Crippen LogP contribution in [-0.2, 0) is 6.54 Å². The Bertz CT molecular complexity index is 370. The number of hydrogen-bond acceptors (Lipinski definition) is 3. The van der Waals surface area contributed by atoms with Crippen LogP contribution in [0.15, 0.2) is 22.7 Å². The van der Waals surface area contributed by atoms with Crippen LogP contribution < -0.4 is 5.32 Å². The minimum atomic E-state index is 0.756. The summed E-state index contributed by atoms with van der Waals surface area (Å²) in [5.74, 6) is 3.87. The van der Waals surface area contributed by atoms with Gasteiger partial charge in [-0.3, -0.25) is 0 Å². The van der Waals surface area contributed by atoms with Gasteiger partial charge < -0.3 is 5.32 Å². The Morgan fingerprint density at radius 1 is 1.41 bits per heavy atom. The molecule has 1 N–H and O–H groups in total. The lowest BCUT2D eigenvalue weighted by molar-refractivity contribution is 0.685. The molecule has 1 fully saturated rings. The number of benzene rings is 1. The molecule has 1 aromatic rings. The van der Waals surface area contributed by atoms with E-state index in [0.717, 1.165) is 27.8 Å². The second-order valence-electron chi connectivity index (χ2n) is 3.93. The first kappa shape index (κ1) is 14.1. The van der Waals surface area contributed by atoms with Crippen molar-refractivity contribution in [3.8, 4) is 0 Å². The molecule has 1 saturated heterocycles. The van der Waals surface area contributed by atoms with Crippen molar-refractivity contribution in [1.82, 2.24) is 5.32 Å². The summed E-state index contributed by atoms with van der Waals surface area (Å²) in [7, 11) is 0. The largest absolute Gasteiger partial charge is 0.312 e. The van der Waals surface area contributed by atoms with E-state index in [1.807, 2.05) is 18.2 Å². The predicted octanol–water partition coefficient (Wildman–Crippen LogP) is 4.04. The number of hydrogen-bond donors (Lipinski definition) is 1. The van der Waals surface area contributed by atoms with Crippen LogP contribution in [0.25, 0.3) is 0 Å². The van der Waals surface area contributed by atoms with E-state index in [0.29, 0.717) is 0 Å². The van der Waals surface area contributed by atoms with Crippen LogP contribution in [0.2, 0.25) is 5.02 Å². The van der Waals surface area contributed by atoms with Gasteiger partial charge in [0.25, 0.3) is 0 Å². The van der Waals surface area contributed by atoms with E-state index >= 15 is 0 Å². The van der Waals surface area contributed by atoms with Gasteiger partial charge in [-0.25, -0.2) is 0 Å². The van der Waals surface area contributed by atoms with Crippen LogP contribution in [0.1, 0.15) is 5.56 Å². The van der Waals surface area contributed by atoms with Gasteiger partial charge in [-0.05, 0) is 23.8 Å². The van der Waals surface area contributed by atoms with Crippen molar-refractivity contribution in [2.24, 2.45) is 0 Å². The quantitative estimate of drug-likeness (QED) is 0.878. The highest BCUT2D eigenvalue weighted by Gasteiger charge is 2.13. The Morgan fingerprint density at radius 2 is 2.29 bits per heavy atom. The summed E-state index contributed by atoms with van der Waals surface area (Å²) in [6, 6.07) is 5.93. The summed E-state index contributed by atoms with van der Waals surface area (Å²) in [4.78, 5) is 0. The molecule has 1 unspecified atom stereocenters. The van der Waals surface area contributed by atoms with Crippen LogP contribution in [0, 0.1) is 0 Å². The molecular formula is C12H15BrClNS2. The van der Waals surface area contributed by atoms with Crippen molar-refractivity contribution in [2.75, 3.05) is 23.8 Å². The average Bonchev–Trinajstić information content (AvgIpc) is 2.35. The highest BCUT2D eigenvalue weighted by atomic mass is 79.9. The third-order valence-corrected chi connectivity index (χ3v) is 6.43. The second-order valence-corrected chi connectivity index (χ2v) is 7.78. The molecule has 0 saturated carbocycles. The average molecular weight is 353 g/mol. The molecule has 0 bridgehead atoms. The maximum atomic E-state index is 5.99. The molecule has 0 amide bonds. The van der Waals surface area contributed by atoms with Crippen molar-refractivity contribution in [3.63, 3.8) is 0 Å². The Morgan fingerprint density at radius 3 is 3.06 bits per heavy atom. The maximum Gasteiger partial charge on any atom is 0.0410 e. The van der Waals surface area contributed by atoms with E-state index in [-0.39, 0.29) is 0 Å². The standard InChI is InChI=1S/C12H15BrClNS2/c13-12-2-1-10(14)5-9(12)6-15-7-11-8-16-3-4-17-11/h1-2,5,11,15H,3-4,6-8H2. The van der Waals surface area contributed by atoms with E-state index in [1.165, 1.54) is 22.8 Å². The Balaban J connectivity index is 1.79. The number of rotatable bonds is 4. The molecule has 0 spiro atoms. The second kappa shape index (κ2) is 7.29. The zero-order valence-corrected chi connectivity index (χ0v) is 13.4. The molecule has 0 radical (unpaired) electrons. The van der Waals surface area contributed by atoms with Crippen LogP contribution >= 0.6 is 51.1 Å². The monoisotopic (exact) mass is 351 g/mol. The van der Waals surface area contributed by atoms with Gasteiger partial charge in [0, 0.05) is 45.1 Å². The Hall–Kier alpha value is 0.650. The lowest BCUT2D eigenvalue weighted by atomic mass is 10.2. The predicted molar refractivity (Wildman–Crippen MR) is 84.4 cm³/mol. The summed E-state index contributed by atoms with van der Waals surface area (Å²) in [6.45, 7) is 1.96. The van der Waals surface area contributed by atoms with Crippen molar-refractivity contribution in [1.29, 1.82) is 0 Å². The first-order valence-electron chi connectivity index (χ1n) is 5.59. The van der Waals surface area contributed by atoms with Crippen LogP contribution in [0.3, 0.4) is 0 Å². The SMILES string of the molecule is Clc1ccc(Br)c(CNCC2CSCCS2)c1. The maximum absolute atomic E-state index is 5.99. The molecule has 1 aliphatic heterocycles. The van der Waals surface area contributed by atoms with Gasteiger partial charge in [0.05, 0.1) is 0 Å². The molecule has 0 aromatic heterocycles. The van der Waals surface area contributed by atoms with E-state index in [9.17, 15) is 0 Å². The van der Waals surface area contributed by atoms with Crippen LogP contribution in [-0.4, -0.2) is 29.1 Å². The van der Waals surface area contributed by atoms with E-state index < -0.39 is 0 Å². The van der Waals surface area contributed by atoms with E-state index in [4.69, 9.17) is 11.6 Å². The molecule has 17 heavy (non-hydrogen) atoms. The van der Waals surface area contributed by atoms with Gasteiger partial charge in [-0.15, -0.1) is 0 Å². The molecule has 1 aromatic carbocycles. The molecule has 1 aliphatic rings. The van der Waals surface area contributed by atoms with Crippen molar-refractivity contribution in [3.05, 3.63) is 33.3 Å².